The molecule has 8 amide bonds. The number of amides is 8. The molecule has 12 rings (SSSR count). The average Bonchev–Trinajstić information content (AvgIpc) is 1.65. The number of carbonyl (C=O) groups excluding carboxylic acids is 14. The Morgan fingerprint density at radius 3 is 1.22 bits per heavy atom. The Balaban J connectivity index is 0.000000260. The average molecular weight is 1840 g/mol. The maximum Gasteiger partial charge on any atom is 0.306 e. The fraction of sp³-hybridized carbons (Fsp3) is 0.596. The molecule has 0 spiro atoms. The number of likely N-dealkylation sites (tertiary alicyclic amines) is 4. The summed E-state index contributed by atoms with van der Waals surface area (Å²) in [5.41, 5.74) is 9.90. The van der Waals surface area contributed by atoms with Crippen LogP contribution in [-0.4, -0.2) is 212 Å². The van der Waals surface area contributed by atoms with Crippen molar-refractivity contribution in [3.8, 4) is 45.0 Å². The molecule has 6 atom stereocenters. The van der Waals surface area contributed by atoms with Crippen LogP contribution >= 0.6 is 0 Å². The van der Waals surface area contributed by atoms with Crippen molar-refractivity contribution in [2.24, 2.45) is 0 Å². The van der Waals surface area contributed by atoms with Gasteiger partial charge in [0.1, 0.15) is 40.8 Å². The number of fused-ring (bicyclic) bond motifs is 10. The van der Waals surface area contributed by atoms with Gasteiger partial charge in [-0.2, -0.15) is 0 Å². The van der Waals surface area contributed by atoms with Gasteiger partial charge < -0.3 is 49.9 Å². The third kappa shape index (κ3) is 28.4. The zero-order chi connectivity index (χ0) is 95.4. The second-order valence-electron chi connectivity index (χ2n) is 36.6. The number of hydrogen-bond donors (Lipinski definition) is 3. The molecule has 4 aromatic carbocycles. The number of nitrogens with zero attached hydrogens (tertiary/aromatic N) is 12. The number of unbranched alkanes of at least 4 members (excludes halogenated alkanes) is 12. The maximum atomic E-state index is 14.3. The Morgan fingerprint density at radius 2 is 0.799 bits per heavy atom. The molecule has 0 radical (unpaired) electrons. The molecule has 0 aliphatic carbocycles. The van der Waals surface area contributed by atoms with Crippen LogP contribution in [0.3, 0.4) is 0 Å². The number of rotatable bonds is 51. The number of esters is 1. The molecule has 6 aromatic rings. The smallest absolute Gasteiger partial charge is 0.306 e. The molecule has 0 bridgehead atoms. The van der Waals surface area contributed by atoms with Gasteiger partial charge in [0.25, 0.3) is 0 Å². The van der Waals surface area contributed by atoms with Gasteiger partial charge in [-0.05, 0) is 152 Å². The van der Waals surface area contributed by atoms with Crippen molar-refractivity contribution in [1.82, 2.24) is 60.2 Å². The second kappa shape index (κ2) is 53.1. The molecule has 2 aromatic heterocycles. The number of aromatic nitrogens is 6. The lowest BCUT2D eigenvalue weighted by atomic mass is 9.95. The van der Waals surface area contributed by atoms with Gasteiger partial charge in [-0.1, -0.05) is 168 Å². The summed E-state index contributed by atoms with van der Waals surface area (Å²) in [5, 5.41) is 34.1. The van der Waals surface area contributed by atoms with Crippen molar-refractivity contribution in [3.63, 3.8) is 0 Å². The van der Waals surface area contributed by atoms with Crippen LogP contribution in [0.2, 0.25) is 0 Å². The number of benzene rings is 4. The standard InChI is InChI=1S/C55H75N7O9.C49H67N7O7/c1-4-41(63)23-12-16-29-51(68)60-37-39-22-11-13-24-43(39)53-54(44-25-14-15-27-46(44)60)62(58-57-53)34-20-17-26-45(48(65)28-10-8-7-9-21-35-71-52(69)32-31-42(64)5-2)56-55(70)47-36-40(38-61(47)49(66)6-3)59-33-19-18-30-50(59)67;1-3-37(58)21-10-14-27-46(62)54-33-35-20-9-11-22-38(35)47-48(39-23-12-13-25-41(39)54)56(52-51-47)30-18-15-24-40(43(59)26-8-6-5-7-19-31-57)50-49(63)42-32-36(34-55(42)44(60)4-2)53-29-17-16-28-45(53)61/h11,13-15,22,24-25,27,40,45,47H,4-10,12,16-21,23,26,28-38H2,1-3H3,(H,56,70);9,11-13,20,22-23,25,36,40,42,57H,3-8,10,14-19,21,24,26-34H2,1-2H3,(H,50,63)/t40-,45?,47?;36-,40?,42?/m11/s1. The summed E-state index contributed by atoms with van der Waals surface area (Å²) in [6.07, 6.45) is 22.9. The number of anilines is 2. The van der Waals surface area contributed by atoms with E-state index in [1.54, 1.807) is 30.6 Å². The van der Waals surface area contributed by atoms with Crippen molar-refractivity contribution < 1.29 is 77.0 Å². The van der Waals surface area contributed by atoms with Crippen LogP contribution in [0.5, 0.6) is 0 Å². The van der Waals surface area contributed by atoms with Gasteiger partial charge in [0.2, 0.25) is 47.3 Å². The number of aliphatic hydroxyl groups excluding tert-OH is 1. The minimum atomic E-state index is -0.798. The predicted octanol–water partition coefficient (Wildman–Crippen LogP) is 15.2. The molecule has 134 heavy (non-hydrogen) atoms. The lowest BCUT2D eigenvalue weighted by molar-refractivity contribution is -0.145. The van der Waals surface area contributed by atoms with Crippen molar-refractivity contribution in [3.05, 3.63) is 108 Å². The third-order valence-corrected chi connectivity index (χ3v) is 27.2. The number of ether oxygens (including phenoxy) is 1. The first-order valence-corrected chi connectivity index (χ1v) is 50.1. The van der Waals surface area contributed by atoms with Crippen LogP contribution in [0.15, 0.2) is 97.1 Å². The van der Waals surface area contributed by atoms with Gasteiger partial charge in [-0.15, -0.1) is 10.2 Å². The van der Waals surface area contributed by atoms with Crippen LogP contribution < -0.4 is 20.4 Å². The van der Waals surface area contributed by atoms with Crippen LogP contribution in [-0.2, 0) is 98.0 Å². The summed E-state index contributed by atoms with van der Waals surface area (Å²) >= 11 is 0. The number of aryl methyl sites for hydroxylation is 2. The lowest BCUT2D eigenvalue weighted by Crippen LogP contribution is -2.50. The number of nitrogens with one attached hydrogen (secondary N) is 2. The fourth-order valence-electron chi connectivity index (χ4n) is 19.4. The van der Waals surface area contributed by atoms with Crippen molar-refractivity contribution in [2.45, 2.75) is 360 Å². The zero-order valence-electron chi connectivity index (χ0n) is 79.7. The Labute approximate surface area is 789 Å². The zero-order valence-corrected chi connectivity index (χ0v) is 79.7. The van der Waals surface area contributed by atoms with Crippen LogP contribution in [0, 0.1) is 0 Å². The molecule has 30 nitrogen and oxygen atoms in total. The Morgan fingerprint density at radius 1 is 0.410 bits per heavy atom. The number of piperidine rings is 2. The normalized spacial score (nSPS) is 17.2. The number of aliphatic hydroxyl groups is 1. The highest BCUT2D eigenvalue weighted by Crippen LogP contribution is 2.44. The van der Waals surface area contributed by atoms with E-state index in [0.717, 1.165) is 132 Å². The first-order chi connectivity index (χ1) is 65.1. The topological polar surface area (TPSA) is 373 Å². The molecule has 0 saturated carbocycles. The second-order valence-corrected chi connectivity index (χ2v) is 36.6. The minimum absolute atomic E-state index is 0.0121. The van der Waals surface area contributed by atoms with Crippen LogP contribution in [0.1, 0.15) is 309 Å². The Kier molecular flexibility index (Phi) is 40.9. The monoisotopic (exact) mass is 1840 g/mol. The highest BCUT2D eigenvalue weighted by atomic mass is 16.5. The van der Waals surface area contributed by atoms with E-state index in [9.17, 15) is 72.2 Å². The lowest BCUT2D eigenvalue weighted by Gasteiger charge is -2.32. The van der Waals surface area contributed by atoms with E-state index in [1.807, 2.05) is 140 Å². The van der Waals surface area contributed by atoms with Crippen molar-refractivity contribution in [2.75, 3.05) is 49.2 Å². The van der Waals surface area contributed by atoms with Crippen molar-refractivity contribution >= 4 is 93.5 Å². The largest absolute Gasteiger partial charge is 0.466 e. The van der Waals surface area contributed by atoms with Gasteiger partial charge >= 0.3 is 5.97 Å². The molecular formula is C104H142N14O16. The quantitative estimate of drug-likeness (QED) is 0.0236. The van der Waals surface area contributed by atoms with Gasteiger partial charge in [0.15, 0.2) is 11.6 Å². The highest BCUT2D eigenvalue weighted by molar-refractivity contribution is 6.02. The number of hydrogen-bond acceptors (Lipinski definition) is 20. The van der Waals surface area contributed by atoms with Crippen molar-refractivity contribution in [1.29, 1.82) is 0 Å². The summed E-state index contributed by atoms with van der Waals surface area (Å²) in [6, 6.07) is 27.9. The van der Waals surface area contributed by atoms with Crippen LogP contribution in [0.25, 0.3) is 45.0 Å². The molecule has 8 heterocycles. The van der Waals surface area contributed by atoms with E-state index in [-0.39, 0.29) is 146 Å². The van der Waals surface area contributed by atoms with Gasteiger partial charge in [-0.3, -0.25) is 67.1 Å². The molecule has 6 aliphatic rings. The minimum Gasteiger partial charge on any atom is -0.466 e. The Bertz CT molecular complexity index is 5020. The van der Waals surface area contributed by atoms with E-state index < -0.39 is 24.2 Å². The predicted molar refractivity (Wildman–Crippen MR) is 511 cm³/mol. The van der Waals surface area contributed by atoms with E-state index in [2.05, 4.69) is 21.1 Å². The number of ketones is 5. The summed E-state index contributed by atoms with van der Waals surface area (Å²) in [6.45, 7) is 12.9. The SMILES string of the molecule is CCC(=O)CCCCC(=O)N1Cc2ccccc2-c2nnn(CCCCC(NC(=O)C3C[C@@H](N4CCCCC4=O)CN3C(=O)CC)C(=O)CCCCCCCO)c2-c2ccccc21.CCC(=O)CCCCC(=O)N1Cc2ccccc2-c2nnn(CCCCC(NC(=O)C3C[C@@H](N4CCCCC4=O)CN3C(=O)CC)C(=O)CCCCCCCOC(=O)CCC(=O)CC)c2-c2ccccc21. The summed E-state index contributed by atoms with van der Waals surface area (Å²) in [7, 11) is 0. The first kappa shape index (κ1) is 103. The third-order valence-electron chi connectivity index (χ3n) is 27.2. The molecule has 4 saturated heterocycles. The van der Waals surface area contributed by atoms with E-state index in [1.165, 1.54) is 0 Å². The van der Waals surface area contributed by atoms with E-state index in [0.29, 0.717) is 212 Å². The summed E-state index contributed by atoms with van der Waals surface area (Å²) < 4.78 is 9.03. The van der Waals surface area contributed by atoms with Gasteiger partial charge in [0.05, 0.1) is 73.0 Å². The summed E-state index contributed by atoms with van der Waals surface area (Å²) in [4.78, 5) is 195. The number of para-hydroxylation sites is 2. The van der Waals surface area contributed by atoms with E-state index >= 15 is 0 Å². The van der Waals surface area contributed by atoms with Gasteiger partial charge in [0, 0.05) is 158 Å². The molecular weight excluding hydrogens is 1700 g/mol. The van der Waals surface area contributed by atoms with Gasteiger partial charge in [-0.25, -0.2) is 9.36 Å². The highest BCUT2D eigenvalue weighted by Gasteiger charge is 2.46. The van der Waals surface area contributed by atoms with E-state index in [4.69, 9.17) is 14.9 Å². The first-order valence-electron chi connectivity index (χ1n) is 50.1. The molecule has 30 heteroatoms. The molecule has 724 valence electrons. The number of carbonyl (C=O) groups is 14. The summed E-state index contributed by atoms with van der Waals surface area (Å²) in [5.74, 6) is -1.03. The Hall–Kier alpha value is -11.3. The molecule has 4 unspecified atom stereocenters. The fourth-order valence-corrected chi connectivity index (χ4v) is 19.4. The molecule has 4 fully saturated rings. The maximum absolute atomic E-state index is 14.3. The molecule has 3 N–H and O–H groups in total. The van der Waals surface area contributed by atoms with Crippen LogP contribution in [0.4, 0.5) is 11.4 Å². The molecule has 6 aliphatic heterocycles. The number of Topliss-reactive ketones (excluding diaryl/α,β-unsaturated/α-hetero) is 5.